The topological polar surface area (TPSA) is 32.8 Å². The number of piperazine rings is 1. The molecular formula is C24H23ClN2O2S. The van der Waals surface area contributed by atoms with E-state index in [1.807, 2.05) is 41.3 Å². The first kappa shape index (κ1) is 19.5. The van der Waals surface area contributed by atoms with E-state index in [0.717, 1.165) is 45.6 Å². The Labute approximate surface area is 185 Å². The standard InChI is InChI=1S/C24H23ClN2O2S/c1-15-6-7-18(25)13-19(15)26-8-10-27(11-9-26)24(28)21-12-17-14-29-20-5-3-4-16(2)22(20)23(17)30-21/h3-7,12-13H,8-11,14H2,1-2H3. The molecule has 0 radical (unpaired) electrons. The first-order valence-corrected chi connectivity index (χ1v) is 11.4. The first-order chi connectivity index (χ1) is 14.5. The molecule has 2 aromatic carbocycles. The van der Waals surface area contributed by atoms with Crippen molar-refractivity contribution in [3.05, 3.63) is 69.1 Å². The van der Waals surface area contributed by atoms with Gasteiger partial charge in [0.25, 0.3) is 5.91 Å². The molecule has 1 aromatic heterocycles. The molecule has 0 bridgehead atoms. The van der Waals surface area contributed by atoms with Crippen LogP contribution in [0.1, 0.15) is 26.4 Å². The van der Waals surface area contributed by atoms with Gasteiger partial charge < -0.3 is 14.5 Å². The van der Waals surface area contributed by atoms with Crippen LogP contribution in [0.2, 0.25) is 5.02 Å². The van der Waals surface area contributed by atoms with Crippen molar-refractivity contribution in [2.75, 3.05) is 31.1 Å². The number of amides is 1. The van der Waals surface area contributed by atoms with E-state index in [9.17, 15) is 4.79 Å². The van der Waals surface area contributed by atoms with Gasteiger partial charge >= 0.3 is 0 Å². The van der Waals surface area contributed by atoms with Crippen LogP contribution in [0.5, 0.6) is 5.75 Å². The zero-order valence-electron chi connectivity index (χ0n) is 17.1. The number of rotatable bonds is 2. The molecule has 4 nitrogen and oxygen atoms in total. The van der Waals surface area contributed by atoms with E-state index >= 15 is 0 Å². The molecule has 6 heteroatoms. The molecule has 30 heavy (non-hydrogen) atoms. The number of hydrogen-bond donors (Lipinski definition) is 0. The summed E-state index contributed by atoms with van der Waals surface area (Å²) < 4.78 is 5.92. The summed E-state index contributed by atoms with van der Waals surface area (Å²) in [6, 6.07) is 14.1. The number of hydrogen-bond acceptors (Lipinski definition) is 4. The van der Waals surface area contributed by atoms with Crippen LogP contribution in [0.15, 0.2) is 42.5 Å². The van der Waals surface area contributed by atoms with Crippen molar-refractivity contribution in [2.24, 2.45) is 0 Å². The van der Waals surface area contributed by atoms with Crippen LogP contribution in [-0.2, 0) is 6.61 Å². The van der Waals surface area contributed by atoms with Crippen LogP contribution < -0.4 is 9.64 Å². The third-order valence-electron chi connectivity index (χ3n) is 5.94. The summed E-state index contributed by atoms with van der Waals surface area (Å²) in [5.41, 5.74) is 5.78. The first-order valence-electron chi connectivity index (χ1n) is 10.2. The summed E-state index contributed by atoms with van der Waals surface area (Å²) in [5.74, 6) is 1.03. The Morgan fingerprint density at radius 2 is 1.83 bits per heavy atom. The monoisotopic (exact) mass is 438 g/mol. The van der Waals surface area contributed by atoms with Gasteiger partial charge in [0, 0.05) is 52.9 Å². The second-order valence-electron chi connectivity index (χ2n) is 7.91. The summed E-state index contributed by atoms with van der Waals surface area (Å²) in [6.07, 6.45) is 0. The number of fused-ring (bicyclic) bond motifs is 3. The molecule has 3 aromatic rings. The summed E-state index contributed by atoms with van der Waals surface area (Å²) in [7, 11) is 0. The van der Waals surface area contributed by atoms with E-state index in [4.69, 9.17) is 16.3 Å². The second kappa shape index (κ2) is 7.64. The van der Waals surface area contributed by atoms with Crippen molar-refractivity contribution in [2.45, 2.75) is 20.5 Å². The Balaban J connectivity index is 1.34. The number of ether oxygens (including phenoxy) is 1. The van der Waals surface area contributed by atoms with Gasteiger partial charge in [-0.1, -0.05) is 29.8 Å². The molecule has 154 valence electrons. The molecule has 1 fully saturated rings. The fourth-order valence-electron chi connectivity index (χ4n) is 4.29. The molecule has 1 amide bonds. The SMILES string of the molecule is Cc1ccc(Cl)cc1N1CCN(C(=O)c2cc3c(s2)-c2c(C)cccc2OC3)CC1. The van der Waals surface area contributed by atoms with Crippen molar-refractivity contribution < 1.29 is 9.53 Å². The minimum absolute atomic E-state index is 0.118. The summed E-state index contributed by atoms with van der Waals surface area (Å²) >= 11 is 7.79. The Morgan fingerprint density at radius 3 is 2.63 bits per heavy atom. The van der Waals surface area contributed by atoms with Gasteiger partial charge in [0.15, 0.2) is 0 Å². The summed E-state index contributed by atoms with van der Waals surface area (Å²) in [5, 5.41) is 0.746. The van der Waals surface area contributed by atoms with E-state index in [1.165, 1.54) is 16.0 Å². The fraction of sp³-hybridized carbons (Fsp3) is 0.292. The van der Waals surface area contributed by atoms with E-state index in [-0.39, 0.29) is 5.91 Å². The maximum Gasteiger partial charge on any atom is 0.264 e. The Kier molecular flexibility index (Phi) is 4.95. The molecular weight excluding hydrogens is 416 g/mol. The van der Waals surface area contributed by atoms with Crippen LogP contribution in [0.4, 0.5) is 5.69 Å². The highest BCUT2D eigenvalue weighted by atomic mass is 35.5. The normalized spacial score (nSPS) is 15.4. The molecule has 0 atom stereocenters. The molecule has 1 saturated heterocycles. The quantitative estimate of drug-likeness (QED) is 0.526. The molecule has 5 rings (SSSR count). The lowest BCUT2D eigenvalue weighted by molar-refractivity contribution is 0.0751. The fourth-order valence-corrected chi connectivity index (χ4v) is 5.71. The van der Waals surface area contributed by atoms with Crippen LogP contribution in [-0.4, -0.2) is 37.0 Å². The number of aryl methyl sites for hydroxylation is 2. The minimum atomic E-state index is 0.118. The Bertz CT molecular complexity index is 1130. The van der Waals surface area contributed by atoms with Crippen LogP contribution in [0, 0.1) is 13.8 Å². The van der Waals surface area contributed by atoms with Gasteiger partial charge in [-0.25, -0.2) is 0 Å². The smallest absolute Gasteiger partial charge is 0.264 e. The average molecular weight is 439 g/mol. The molecule has 2 aliphatic heterocycles. The van der Waals surface area contributed by atoms with E-state index < -0.39 is 0 Å². The van der Waals surface area contributed by atoms with E-state index in [0.29, 0.717) is 19.7 Å². The van der Waals surface area contributed by atoms with Crippen LogP contribution >= 0.6 is 22.9 Å². The largest absolute Gasteiger partial charge is 0.488 e. The van der Waals surface area contributed by atoms with Gasteiger partial charge in [0.2, 0.25) is 0 Å². The van der Waals surface area contributed by atoms with Gasteiger partial charge in [-0.3, -0.25) is 4.79 Å². The lowest BCUT2D eigenvalue weighted by Crippen LogP contribution is -2.48. The number of nitrogens with zero attached hydrogens (tertiary/aromatic N) is 2. The highest BCUT2D eigenvalue weighted by molar-refractivity contribution is 7.17. The predicted octanol–water partition coefficient (Wildman–Crippen LogP) is 5.54. The number of carbonyl (C=O) groups is 1. The van der Waals surface area contributed by atoms with Crippen molar-refractivity contribution in [3.63, 3.8) is 0 Å². The van der Waals surface area contributed by atoms with Crippen molar-refractivity contribution in [3.8, 4) is 16.2 Å². The Morgan fingerprint density at radius 1 is 1.03 bits per heavy atom. The molecule has 0 saturated carbocycles. The number of halogens is 1. The molecule has 0 N–H and O–H groups in total. The second-order valence-corrected chi connectivity index (χ2v) is 9.40. The third-order valence-corrected chi connectivity index (χ3v) is 7.36. The molecule has 0 aliphatic carbocycles. The zero-order valence-corrected chi connectivity index (χ0v) is 18.6. The van der Waals surface area contributed by atoms with E-state index in [2.05, 4.69) is 24.8 Å². The maximum atomic E-state index is 13.2. The van der Waals surface area contributed by atoms with Crippen molar-refractivity contribution in [1.29, 1.82) is 0 Å². The predicted molar refractivity (Wildman–Crippen MR) is 123 cm³/mol. The van der Waals surface area contributed by atoms with Gasteiger partial charge in [-0.15, -0.1) is 11.3 Å². The van der Waals surface area contributed by atoms with Crippen LogP contribution in [0.25, 0.3) is 10.4 Å². The maximum absolute atomic E-state index is 13.2. The number of carbonyl (C=O) groups excluding carboxylic acids is 1. The highest BCUT2D eigenvalue weighted by Gasteiger charge is 2.28. The zero-order chi connectivity index (χ0) is 20.8. The number of thiophene rings is 1. The van der Waals surface area contributed by atoms with Gasteiger partial charge in [-0.05, 0) is 49.2 Å². The lowest BCUT2D eigenvalue weighted by Gasteiger charge is -2.36. The molecule has 0 spiro atoms. The lowest BCUT2D eigenvalue weighted by atomic mass is 10.0. The summed E-state index contributed by atoms with van der Waals surface area (Å²) in [6.45, 7) is 7.75. The van der Waals surface area contributed by atoms with Gasteiger partial charge in [0.1, 0.15) is 12.4 Å². The van der Waals surface area contributed by atoms with Gasteiger partial charge in [-0.2, -0.15) is 0 Å². The molecule has 3 heterocycles. The molecule has 0 unspecified atom stereocenters. The van der Waals surface area contributed by atoms with E-state index in [1.54, 1.807) is 11.3 Å². The third kappa shape index (κ3) is 3.36. The summed E-state index contributed by atoms with van der Waals surface area (Å²) in [4.78, 5) is 19.5. The Hall–Kier alpha value is -2.50. The van der Waals surface area contributed by atoms with Crippen LogP contribution in [0.3, 0.4) is 0 Å². The number of anilines is 1. The number of benzene rings is 2. The van der Waals surface area contributed by atoms with Gasteiger partial charge in [0.05, 0.1) is 4.88 Å². The van der Waals surface area contributed by atoms with Crippen molar-refractivity contribution in [1.82, 2.24) is 4.90 Å². The van der Waals surface area contributed by atoms with Crippen molar-refractivity contribution >= 4 is 34.5 Å². The molecule has 2 aliphatic rings. The average Bonchev–Trinajstić information content (AvgIpc) is 3.19. The minimum Gasteiger partial charge on any atom is -0.488 e. The highest BCUT2D eigenvalue weighted by Crippen LogP contribution is 2.44.